The third kappa shape index (κ3) is 5.20. The summed E-state index contributed by atoms with van der Waals surface area (Å²) < 4.78 is 5.41. The van der Waals surface area contributed by atoms with E-state index >= 15 is 0 Å². The van der Waals surface area contributed by atoms with Crippen molar-refractivity contribution in [3.63, 3.8) is 0 Å². The topological polar surface area (TPSA) is 32.8 Å². The number of hydrogen-bond acceptors (Lipinski definition) is 3. The van der Waals surface area contributed by atoms with Gasteiger partial charge in [-0.1, -0.05) is 23.7 Å². The zero-order valence-electron chi connectivity index (χ0n) is 14.3. The molecule has 2 fully saturated rings. The van der Waals surface area contributed by atoms with Gasteiger partial charge < -0.3 is 9.64 Å². The second-order valence-corrected chi connectivity index (χ2v) is 7.30. The number of likely N-dealkylation sites (tertiary alicyclic amines) is 1. The summed E-state index contributed by atoms with van der Waals surface area (Å²) in [5.74, 6) is 1.01. The third-order valence-electron chi connectivity index (χ3n) is 5.13. The highest BCUT2D eigenvalue weighted by Gasteiger charge is 2.24. The second-order valence-electron chi connectivity index (χ2n) is 6.86. The highest BCUT2D eigenvalue weighted by Crippen LogP contribution is 2.20. The molecule has 1 aromatic rings. The SMILES string of the molecule is O=C(CCc1ccc(Cl)cc1)N1CCC(CN2CCOCC2)CC1. The standard InChI is InChI=1S/C19H27ClN2O2/c20-18-4-1-16(2-5-18)3-6-19(23)22-9-7-17(8-10-22)15-21-11-13-24-14-12-21/h1-2,4-5,17H,3,6-15H2. The molecule has 0 radical (unpaired) electrons. The van der Waals surface area contributed by atoms with Crippen molar-refractivity contribution in [3.05, 3.63) is 34.9 Å². The molecule has 4 nitrogen and oxygen atoms in total. The average Bonchev–Trinajstić information content (AvgIpc) is 2.62. The minimum atomic E-state index is 0.287. The number of nitrogens with zero attached hydrogens (tertiary/aromatic N) is 2. The van der Waals surface area contributed by atoms with E-state index in [0.29, 0.717) is 6.42 Å². The molecule has 3 rings (SSSR count). The van der Waals surface area contributed by atoms with Gasteiger partial charge in [0.25, 0.3) is 0 Å². The van der Waals surface area contributed by atoms with E-state index in [1.54, 1.807) is 0 Å². The number of halogens is 1. The molecule has 132 valence electrons. The summed E-state index contributed by atoms with van der Waals surface area (Å²) in [5.41, 5.74) is 1.18. The van der Waals surface area contributed by atoms with Gasteiger partial charge in [-0.25, -0.2) is 0 Å². The van der Waals surface area contributed by atoms with Crippen LogP contribution < -0.4 is 0 Å². The molecule has 0 unspecified atom stereocenters. The maximum atomic E-state index is 12.4. The highest BCUT2D eigenvalue weighted by atomic mass is 35.5. The van der Waals surface area contributed by atoms with Crippen LogP contribution in [-0.2, 0) is 16.0 Å². The summed E-state index contributed by atoms with van der Waals surface area (Å²) in [5, 5.41) is 0.743. The lowest BCUT2D eigenvalue weighted by molar-refractivity contribution is -0.132. The van der Waals surface area contributed by atoms with Gasteiger partial charge in [0.2, 0.25) is 5.91 Å². The summed E-state index contributed by atoms with van der Waals surface area (Å²) in [4.78, 5) is 17.0. The van der Waals surface area contributed by atoms with Crippen LogP contribution in [0.15, 0.2) is 24.3 Å². The molecule has 0 saturated carbocycles. The predicted octanol–water partition coefficient (Wildman–Crippen LogP) is 2.84. The minimum absolute atomic E-state index is 0.287. The van der Waals surface area contributed by atoms with Crippen LogP contribution in [0.5, 0.6) is 0 Å². The molecule has 1 aromatic carbocycles. The smallest absolute Gasteiger partial charge is 0.222 e. The first-order valence-corrected chi connectivity index (χ1v) is 9.41. The monoisotopic (exact) mass is 350 g/mol. The van der Waals surface area contributed by atoms with Crippen molar-refractivity contribution in [2.75, 3.05) is 45.9 Å². The summed E-state index contributed by atoms with van der Waals surface area (Å²) in [6.45, 7) is 6.82. The first-order valence-electron chi connectivity index (χ1n) is 9.03. The van der Waals surface area contributed by atoms with E-state index in [1.807, 2.05) is 29.2 Å². The fourth-order valence-corrected chi connectivity index (χ4v) is 3.70. The molecule has 24 heavy (non-hydrogen) atoms. The van der Waals surface area contributed by atoms with Crippen molar-refractivity contribution in [2.24, 2.45) is 5.92 Å². The van der Waals surface area contributed by atoms with E-state index in [-0.39, 0.29) is 5.91 Å². The molecule has 0 N–H and O–H groups in total. The Hall–Kier alpha value is -1.10. The Bertz CT molecular complexity index is 521. The lowest BCUT2D eigenvalue weighted by atomic mass is 9.95. The number of benzene rings is 1. The van der Waals surface area contributed by atoms with Crippen LogP contribution >= 0.6 is 11.6 Å². The van der Waals surface area contributed by atoms with Gasteiger partial charge in [-0.2, -0.15) is 0 Å². The molecule has 2 aliphatic heterocycles. The largest absolute Gasteiger partial charge is 0.379 e. The first-order chi connectivity index (χ1) is 11.7. The number of morpholine rings is 1. The van der Waals surface area contributed by atoms with Crippen molar-refractivity contribution in [2.45, 2.75) is 25.7 Å². The fourth-order valence-electron chi connectivity index (χ4n) is 3.57. The van der Waals surface area contributed by atoms with E-state index in [2.05, 4.69) is 4.90 Å². The number of ether oxygens (including phenoxy) is 1. The molecule has 0 bridgehead atoms. The number of carbonyl (C=O) groups is 1. The Morgan fingerprint density at radius 2 is 1.75 bits per heavy atom. The molecule has 2 heterocycles. The van der Waals surface area contributed by atoms with Crippen molar-refractivity contribution < 1.29 is 9.53 Å². The Morgan fingerprint density at radius 1 is 1.08 bits per heavy atom. The van der Waals surface area contributed by atoms with E-state index < -0.39 is 0 Å². The highest BCUT2D eigenvalue weighted by molar-refractivity contribution is 6.30. The van der Waals surface area contributed by atoms with Gasteiger partial charge in [0.1, 0.15) is 0 Å². The van der Waals surface area contributed by atoms with Crippen molar-refractivity contribution in [1.82, 2.24) is 9.80 Å². The van der Waals surface area contributed by atoms with Crippen LogP contribution in [0.3, 0.4) is 0 Å². The lowest BCUT2D eigenvalue weighted by Gasteiger charge is -2.36. The summed E-state index contributed by atoms with van der Waals surface area (Å²) >= 11 is 5.89. The van der Waals surface area contributed by atoms with Gasteiger partial charge in [-0.15, -0.1) is 0 Å². The Kier molecular flexibility index (Phi) is 6.52. The molecular formula is C19H27ClN2O2. The van der Waals surface area contributed by atoms with E-state index in [1.165, 1.54) is 5.56 Å². The molecule has 2 aliphatic rings. The van der Waals surface area contributed by atoms with Crippen LogP contribution in [0, 0.1) is 5.92 Å². The Morgan fingerprint density at radius 3 is 2.42 bits per heavy atom. The fraction of sp³-hybridized carbons (Fsp3) is 0.632. The molecule has 0 aromatic heterocycles. The van der Waals surface area contributed by atoms with Gasteiger partial charge in [-0.3, -0.25) is 9.69 Å². The molecule has 2 saturated heterocycles. The number of amides is 1. The van der Waals surface area contributed by atoms with Crippen LogP contribution in [0.25, 0.3) is 0 Å². The van der Waals surface area contributed by atoms with Crippen LogP contribution in [0.2, 0.25) is 5.02 Å². The van der Waals surface area contributed by atoms with Gasteiger partial charge >= 0.3 is 0 Å². The zero-order valence-corrected chi connectivity index (χ0v) is 15.0. The van der Waals surface area contributed by atoms with Gasteiger partial charge in [0, 0.05) is 44.2 Å². The predicted molar refractivity (Wildman–Crippen MR) is 96.3 cm³/mol. The quantitative estimate of drug-likeness (QED) is 0.818. The number of piperidine rings is 1. The second kappa shape index (κ2) is 8.84. The molecular weight excluding hydrogens is 324 g/mol. The van der Waals surface area contributed by atoms with Crippen LogP contribution in [0.1, 0.15) is 24.8 Å². The number of hydrogen-bond donors (Lipinski definition) is 0. The molecule has 0 atom stereocenters. The number of aryl methyl sites for hydroxylation is 1. The average molecular weight is 351 g/mol. The molecule has 0 spiro atoms. The molecule has 5 heteroatoms. The summed E-state index contributed by atoms with van der Waals surface area (Å²) in [6, 6.07) is 7.78. The van der Waals surface area contributed by atoms with Gasteiger partial charge in [0.05, 0.1) is 13.2 Å². The Labute approximate surface area is 149 Å². The third-order valence-corrected chi connectivity index (χ3v) is 5.38. The number of rotatable bonds is 5. The number of carbonyl (C=O) groups excluding carboxylic acids is 1. The summed E-state index contributed by atoms with van der Waals surface area (Å²) in [7, 11) is 0. The van der Waals surface area contributed by atoms with Crippen molar-refractivity contribution in [1.29, 1.82) is 0 Å². The minimum Gasteiger partial charge on any atom is -0.379 e. The molecule has 1 amide bonds. The maximum absolute atomic E-state index is 12.4. The van der Waals surface area contributed by atoms with Gasteiger partial charge in [-0.05, 0) is 42.9 Å². The van der Waals surface area contributed by atoms with E-state index in [0.717, 1.165) is 76.1 Å². The first kappa shape index (κ1) is 17.7. The zero-order chi connectivity index (χ0) is 16.8. The Balaban J connectivity index is 1.37. The van der Waals surface area contributed by atoms with E-state index in [4.69, 9.17) is 16.3 Å². The molecule has 0 aliphatic carbocycles. The summed E-state index contributed by atoms with van der Waals surface area (Å²) in [6.07, 6.45) is 3.65. The normalized spacial score (nSPS) is 20.3. The lowest BCUT2D eigenvalue weighted by Crippen LogP contribution is -2.44. The van der Waals surface area contributed by atoms with Crippen LogP contribution in [0.4, 0.5) is 0 Å². The van der Waals surface area contributed by atoms with Gasteiger partial charge in [0.15, 0.2) is 0 Å². The van der Waals surface area contributed by atoms with E-state index in [9.17, 15) is 4.79 Å². The van der Waals surface area contributed by atoms with Crippen molar-refractivity contribution >= 4 is 17.5 Å². The van der Waals surface area contributed by atoms with Crippen LogP contribution in [-0.4, -0.2) is 61.6 Å². The van der Waals surface area contributed by atoms with Crippen molar-refractivity contribution in [3.8, 4) is 0 Å². The maximum Gasteiger partial charge on any atom is 0.222 e.